The van der Waals surface area contributed by atoms with Crippen LogP contribution in [0, 0.1) is 3.57 Å². The second-order valence-electron chi connectivity index (χ2n) is 8.65. The van der Waals surface area contributed by atoms with Gasteiger partial charge in [0.25, 0.3) is 11.7 Å². The highest BCUT2D eigenvalue weighted by Gasteiger charge is 2.45. The molecule has 1 aliphatic rings. The number of likely N-dealkylation sites (tertiary alicyclic amines) is 1. The topological polar surface area (TPSA) is 70.1 Å². The smallest absolute Gasteiger partial charge is 0.295 e. The Kier molecular flexibility index (Phi) is 10.2. The van der Waals surface area contributed by atoms with E-state index >= 15 is 0 Å². The Balaban J connectivity index is 1.98. The van der Waals surface area contributed by atoms with Gasteiger partial charge in [0, 0.05) is 15.7 Å². The van der Waals surface area contributed by atoms with Crippen LogP contribution in [-0.2, 0) is 9.59 Å². The summed E-state index contributed by atoms with van der Waals surface area (Å²) in [5.41, 5.74) is 1.41. The molecule has 1 atom stereocenters. The molecule has 1 saturated heterocycles. The van der Waals surface area contributed by atoms with Gasteiger partial charge < -0.3 is 19.6 Å². The molecular formula is C28H35IN2O4. The lowest BCUT2D eigenvalue weighted by Gasteiger charge is -2.27. The van der Waals surface area contributed by atoms with Crippen molar-refractivity contribution >= 4 is 40.0 Å². The number of carbonyl (C=O) groups excluding carboxylic acids is 2. The average molecular weight is 591 g/mol. The van der Waals surface area contributed by atoms with Gasteiger partial charge in [0.05, 0.1) is 18.2 Å². The first-order chi connectivity index (χ1) is 16.9. The van der Waals surface area contributed by atoms with Crippen LogP contribution in [0.25, 0.3) is 5.76 Å². The third kappa shape index (κ3) is 6.64. The van der Waals surface area contributed by atoms with Crippen LogP contribution in [0.3, 0.4) is 0 Å². The molecule has 0 bridgehead atoms. The third-order valence-electron chi connectivity index (χ3n) is 6.37. The summed E-state index contributed by atoms with van der Waals surface area (Å²) in [5.74, 6) is -0.753. The maximum absolute atomic E-state index is 13.2. The maximum atomic E-state index is 13.2. The molecule has 35 heavy (non-hydrogen) atoms. The molecule has 2 aromatic carbocycles. The van der Waals surface area contributed by atoms with Crippen molar-refractivity contribution in [3.63, 3.8) is 0 Å². The SMILES string of the molecule is CCCCOc1cccc(C(O)=C2C(=O)C(=O)N(CCCN(CC)CC)C2c2ccc(I)cc2)c1. The Morgan fingerprint density at radius 2 is 1.77 bits per heavy atom. The molecule has 188 valence electrons. The molecule has 1 unspecified atom stereocenters. The Morgan fingerprint density at radius 1 is 1.06 bits per heavy atom. The molecule has 7 heteroatoms. The number of ketones is 1. The van der Waals surface area contributed by atoms with Gasteiger partial charge in [0.2, 0.25) is 0 Å². The van der Waals surface area contributed by atoms with Crippen molar-refractivity contribution in [2.24, 2.45) is 0 Å². The maximum Gasteiger partial charge on any atom is 0.295 e. The molecule has 1 heterocycles. The first-order valence-electron chi connectivity index (χ1n) is 12.4. The lowest BCUT2D eigenvalue weighted by Crippen LogP contribution is -2.33. The first kappa shape index (κ1) is 27.2. The van der Waals surface area contributed by atoms with Gasteiger partial charge >= 0.3 is 0 Å². The van der Waals surface area contributed by atoms with Gasteiger partial charge in [-0.2, -0.15) is 0 Å². The highest BCUT2D eigenvalue weighted by molar-refractivity contribution is 14.1. The molecule has 1 N–H and O–H groups in total. The molecule has 0 saturated carbocycles. The van der Waals surface area contributed by atoms with Crippen LogP contribution in [-0.4, -0.2) is 59.4 Å². The number of ether oxygens (including phenoxy) is 1. The second-order valence-corrected chi connectivity index (χ2v) is 9.90. The number of benzene rings is 2. The fourth-order valence-electron chi connectivity index (χ4n) is 4.33. The number of amides is 1. The number of hydrogen-bond acceptors (Lipinski definition) is 5. The van der Waals surface area contributed by atoms with E-state index < -0.39 is 17.7 Å². The molecular weight excluding hydrogens is 555 g/mol. The number of aliphatic hydroxyl groups excluding tert-OH is 1. The highest BCUT2D eigenvalue weighted by atomic mass is 127. The Hall–Kier alpha value is -2.39. The quantitative estimate of drug-likeness (QED) is 0.114. The Morgan fingerprint density at radius 3 is 2.43 bits per heavy atom. The van der Waals surface area contributed by atoms with Crippen LogP contribution >= 0.6 is 22.6 Å². The van der Waals surface area contributed by atoms with E-state index in [-0.39, 0.29) is 11.3 Å². The van der Waals surface area contributed by atoms with Crippen LogP contribution < -0.4 is 4.74 Å². The average Bonchev–Trinajstić information content (AvgIpc) is 3.12. The number of Topliss-reactive ketones (excluding diaryl/α,β-unsaturated/α-hetero) is 1. The van der Waals surface area contributed by atoms with Crippen LogP contribution in [0.4, 0.5) is 0 Å². The highest BCUT2D eigenvalue weighted by Crippen LogP contribution is 2.40. The van der Waals surface area contributed by atoms with E-state index in [4.69, 9.17) is 4.74 Å². The van der Waals surface area contributed by atoms with E-state index in [1.54, 1.807) is 23.1 Å². The minimum Gasteiger partial charge on any atom is -0.507 e. The van der Waals surface area contributed by atoms with Gasteiger partial charge in [-0.05, 0) is 84.9 Å². The number of aliphatic hydroxyl groups is 1. The largest absolute Gasteiger partial charge is 0.507 e. The molecule has 0 aromatic heterocycles. The number of unbranched alkanes of at least 4 members (excludes halogenated alkanes) is 1. The molecule has 1 amide bonds. The van der Waals surface area contributed by atoms with Gasteiger partial charge in [-0.1, -0.05) is 51.5 Å². The fraction of sp³-hybridized carbons (Fsp3) is 0.429. The lowest BCUT2D eigenvalue weighted by molar-refractivity contribution is -0.140. The van der Waals surface area contributed by atoms with Crippen LogP contribution in [0.5, 0.6) is 5.75 Å². The Labute approximate surface area is 222 Å². The van der Waals surface area contributed by atoms with E-state index in [0.29, 0.717) is 24.5 Å². The number of halogens is 1. The normalized spacial score (nSPS) is 17.4. The first-order valence-corrected chi connectivity index (χ1v) is 13.5. The van der Waals surface area contributed by atoms with Gasteiger partial charge in [-0.15, -0.1) is 0 Å². The molecule has 0 radical (unpaired) electrons. The zero-order valence-corrected chi connectivity index (χ0v) is 23.0. The van der Waals surface area contributed by atoms with Crippen molar-refractivity contribution in [2.75, 3.05) is 32.8 Å². The summed E-state index contributed by atoms with van der Waals surface area (Å²) >= 11 is 2.23. The van der Waals surface area contributed by atoms with Gasteiger partial charge in [-0.3, -0.25) is 9.59 Å². The molecule has 0 aliphatic carbocycles. The summed E-state index contributed by atoms with van der Waals surface area (Å²) in [7, 11) is 0. The number of rotatable bonds is 12. The molecule has 0 spiro atoms. The summed E-state index contributed by atoms with van der Waals surface area (Å²) < 4.78 is 6.85. The molecule has 2 aromatic rings. The van der Waals surface area contributed by atoms with Gasteiger partial charge in [0.15, 0.2) is 0 Å². The minimum absolute atomic E-state index is 0.129. The zero-order valence-electron chi connectivity index (χ0n) is 20.8. The summed E-state index contributed by atoms with van der Waals surface area (Å²) in [4.78, 5) is 30.3. The van der Waals surface area contributed by atoms with Gasteiger partial charge in [-0.25, -0.2) is 0 Å². The lowest BCUT2D eigenvalue weighted by atomic mass is 9.95. The van der Waals surface area contributed by atoms with E-state index in [9.17, 15) is 14.7 Å². The summed E-state index contributed by atoms with van der Waals surface area (Å²) in [6.07, 6.45) is 2.70. The van der Waals surface area contributed by atoms with E-state index in [1.165, 1.54) is 0 Å². The van der Waals surface area contributed by atoms with Crippen molar-refractivity contribution in [2.45, 2.75) is 46.1 Å². The van der Waals surface area contributed by atoms with Crippen molar-refractivity contribution in [1.29, 1.82) is 0 Å². The number of nitrogens with zero attached hydrogens (tertiary/aromatic N) is 2. The van der Waals surface area contributed by atoms with Crippen molar-refractivity contribution in [1.82, 2.24) is 9.80 Å². The number of carbonyl (C=O) groups is 2. The summed E-state index contributed by atoms with van der Waals surface area (Å²) in [5, 5.41) is 11.3. The van der Waals surface area contributed by atoms with Crippen LogP contribution in [0.15, 0.2) is 54.1 Å². The minimum atomic E-state index is -0.647. The zero-order chi connectivity index (χ0) is 25.4. The molecule has 6 nitrogen and oxygen atoms in total. The van der Waals surface area contributed by atoms with Crippen LogP contribution in [0.2, 0.25) is 0 Å². The molecule has 1 fully saturated rings. The number of hydrogen-bond donors (Lipinski definition) is 1. The predicted octanol–water partition coefficient (Wildman–Crippen LogP) is 5.62. The standard InChI is InChI=1S/C28H35IN2O4/c1-4-7-18-35-23-11-8-10-21(19-23)26(32)24-25(20-12-14-22(29)15-13-20)31(28(34)27(24)33)17-9-16-30(5-2)6-3/h8,10-15,19,25,32H,4-7,9,16-18H2,1-3H3. The monoisotopic (exact) mass is 590 g/mol. The van der Waals surface area contributed by atoms with Crippen molar-refractivity contribution in [3.8, 4) is 5.75 Å². The second kappa shape index (κ2) is 13.1. The summed E-state index contributed by atoms with van der Waals surface area (Å²) in [6.45, 7) is 10.1. The van der Waals surface area contributed by atoms with Crippen molar-refractivity contribution in [3.05, 3.63) is 68.8 Å². The Bertz CT molecular complexity index is 1050. The van der Waals surface area contributed by atoms with Gasteiger partial charge in [0.1, 0.15) is 11.5 Å². The summed E-state index contributed by atoms with van der Waals surface area (Å²) in [6, 6.07) is 14.2. The van der Waals surface area contributed by atoms with Crippen molar-refractivity contribution < 1.29 is 19.4 Å². The third-order valence-corrected chi connectivity index (χ3v) is 7.09. The molecule has 3 rings (SSSR count). The predicted molar refractivity (Wildman–Crippen MR) is 147 cm³/mol. The molecule has 1 aliphatic heterocycles. The van der Waals surface area contributed by atoms with E-state index in [2.05, 4.69) is 48.3 Å². The van der Waals surface area contributed by atoms with E-state index in [1.807, 2.05) is 30.3 Å². The van der Waals surface area contributed by atoms with E-state index in [0.717, 1.165) is 48.0 Å². The van der Waals surface area contributed by atoms with Crippen LogP contribution in [0.1, 0.15) is 57.2 Å². The fourth-order valence-corrected chi connectivity index (χ4v) is 4.69.